The summed E-state index contributed by atoms with van der Waals surface area (Å²) in [5.41, 5.74) is 2.61. The van der Waals surface area contributed by atoms with E-state index in [1.54, 1.807) is 0 Å². The molecule has 0 aromatic carbocycles. The second-order valence-corrected chi connectivity index (χ2v) is 2.75. The Hall–Kier alpha value is 0.0700. The molecule has 0 atom stereocenters. The lowest BCUT2D eigenvalue weighted by molar-refractivity contribution is 0.441. The smallest absolute Gasteiger partial charge is 0.155 e. The molecule has 1 rings (SSSR count). The van der Waals surface area contributed by atoms with Crippen molar-refractivity contribution in [1.29, 1.82) is 0 Å². The molecule has 0 unspecified atom stereocenters. The third-order valence-electron chi connectivity index (χ3n) is 0.628. The molecule has 0 saturated heterocycles. The van der Waals surface area contributed by atoms with Gasteiger partial charge in [0.25, 0.3) is 0 Å². The van der Waals surface area contributed by atoms with Crippen molar-refractivity contribution >= 4 is 44.5 Å². The molecule has 1 N–H and O–H groups in total. The number of halogens is 3. The molecule has 0 amide bonds. The van der Waals surface area contributed by atoms with Gasteiger partial charge in [0.1, 0.15) is 5.16 Å². The zero-order valence-electron chi connectivity index (χ0n) is 4.11. The van der Waals surface area contributed by atoms with Crippen LogP contribution < -0.4 is 5.43 Å². The third-order valence-corrected chi connectivity index (χ3v) is 1.34. The van der Waals surface area contributed by atoms with E-state index in [1.807, 2.05) is 0 Å². The highest BCUT2D eigenvalue weighted by Crippen LogP contribution is 2.10. The van der Waals surface area contributed by atoms with Gasteiger partial charge in [-0.1, -0.05) is 23.2 Å². The average molecular weight is 231 g/mol. The molecule has 1 aliphatic heterocycles. The first-order chi connectivity index (χ1) is 4.18. The first-order valence-corrected chi connectivity index (χ1v) is 3.49. The highest BCUT2D eigenvalue weighted by Gasteiger charge is 2.05. The van der Waals surface area contributed by atoms with Crippen LogP contribution in [-0.2, 0) is 0 Å². The normalized spacial score (nSPS) is 18.3. The molecule has 6 heteroatoms. The Morgan fingerprint density at radius 1 is 1.67 bits per heavy atom. The van der Waals surface area contributed by atoms with Crippen molar-refractivity contribution < 1.29 is 0 Å². The molecular formula is C3H2BrCl2N3. The van der Waals surface area contributed by atoms with Crippen LogP contribution >= 0.6 is 39.3 Å². The maximum Gasteiger partial charge on any atom is 0.155 e. The summed E-state index contributed by atoms with van der Waals surface area (Å²) < 4.78 is 1.25. The minimum absolute atomic E-state index is 0.329. The predicted octanol–water partition coefficient (Wildman–Crippen LogP) is 1.75. The molecule has 0 radical (unpaired) electrons. The molecule has 0 saturated carbocycles. The first kappa shape index (κ1) is 7.18. The fourth-order valence-electron chi connectivity index (χ4n) is 0.363. The van der Waals surface area contributed by atoms with Gasteiger partial charge in [0, 0.05) is 6.08 Å². The summed E-state index contributed by atoms with van der Waals surface area (Å²) in [6.07, 6.45) is 1.50. The number of nitrogens with zero attached hydrogens (tertiary/aromatic N) is 2. The highest BCUT2D eigenvalue weighted by atomic mass is 79.9. The fraction of sp³-hybridized carbons (Fsp3) is 0. The van der Waals surface area contributed by atoms with Crippen LogP contribution in [0.2, 0.25) is 0 Å². The van der Waals surface area contributed by atoms with Crippen LogP contribution in [0.3, 0.4) is 0 Å². The molecule has 0 aromatic heterocycles. The monoisotopic (exact) mass is 229 g/mol. The topological polar surface area (TPSA) is 27.6 Å². The van der Waals surface area contributed by atoms with Gasteiger partial charge in [0.2, 0.25) is 0 Å². The number of hydrogen-bond acceptors (Lipinski definition) is 3. The summed E-state index contributed by atoms with van der Waals surface area (Å²) in [5, 5.41) is 4.45. The number of hydrazone groups is 1. The zero-order chi connectivity index (χ0) is 6.85. The molecule has 3 nitrogen and oxygen atoms in total. The first-order valence-electron chi connectivity index (χ1n) is 2.02. The number of nitrogens with one attached hydrogen (secondary N) is 1. The Morgan fingerprint density at radius 2 is 2.33 bits per heavy atom. The van der Waals surface area contributed by atoms with Crippen LogP contribution in [0.15, 0.2) is 16.3 Å². The SMILES string of the molecule is ClC1=CC(Cl)=NN(Br)N1. The van der Waals surface area contributed by atoms with Crippen molar-refractivity contribution in [3.05, 3.63) is 11.2 Å². The van der Waals surface area contributed by atoms with E-state index >= 15 is 0 Å². The van der Waals surface area contributed by atoms with Gasteiger partial charge >= 0.3 is 0 Å². The van der Waals surface area contributed by atoms with Crippen molar-refractivity contribution in [2.24, 2.45) is 5.10 Å². The Morgan fingerprint density at radius 3 is 2.78 bits per heavy atom. The molecular weight excluding hydrogens is 229 g/mol. The van der Waals surface area contributed by atoms with Gasteiger partial charge in [-0.15, -0.1) is 9.25 Å². The summed E-state index contributed by atoms with van der Waals surface area (Å²) in [7, 11) is 0. The number of allylic oxidation sites excluding steroid dienone is 1. The standard InChI is InChI=1S/C3H2BrCl2N3/c4-9-7-2(5)1-3(6)8-9/h1,7H. The molecule has 0 aliphatic carbocycles. The molecule has 0 fully saturated rings. The van der Waals surface area contributed by atoms with E-state index in [0.29, 0.717) is 10.3 Å². The van der Waals surface area contributed by atoms with Crippen molar-refractivity contribution in [2.75, 3.05) is 0 Å². The largest absolute Gasteiger partial charge is 0.261 e. The molecule has 1 heterocycles. The lowest BCUT2D eigenvalue weighted by Crippen LogP contribution is -2.25. The van der Waals surface area contributed by atoms with Crippen LogP contribution in [0, 0.1) is 0 Å². The molecule has 0 aromatic rings. The number of rotatable bonds is 0. The van der Waals surface area contributed by atoms with Crippen LogP contribution in [0.4, 0.5) is 0 Å². The van der Waals surface area contributed by atoms with E-state index in [1.165, 1.54) is 10.2 Å². The maximum atomic E-state index is 5.52. The molecule has 0 spiro atoms. The molecule has 50 valence electrons. The Labute approximate surface area is 70.6 Å². The molecule has 0 bridgehead atoms. The van der Waals surface area contributed by atoms with Crippen molar-refractivity contribution in [1.82, 2.24) is 9.57 Å². The average Bonchev–Trinajstić information content (AvgIpc) is 1.59. The van der Waals surface area contributed by atoms with Crippen LogP contribution in [0.5, 0.6) is 0 Å². The van der Waals surface area contributed by atoms with Gasteiger partial charge in [0.15, 0.2) is 5.17 Å². The summed E-state index contributed by atoms with van der Waals surface area (Å²) in [5.74, 6) is 0. The van der Waals surface area contributed by atoms with Crippen LogP contribution in [0.25, 0.3) is 0 Å². The summed E-state index contributed by atoms with van der Waals surface area (Å²) in [6.45, 7) is 0. The fourth-order valence-corrected chi connectivity index (χ4v) is 1.34. The van der Waals surface area contributed by atoms with E-state index in [0.717, 1.165) is 0 Å². The minimum Gasteiger partial charge on any atom is -0.261 e. The third kappa shape index (κ3) is 2.04. The second kappa shape index (κ2) is 2.77. The highest BCUT2D eigenvalue weighted by molar-refractivity contribution is 9.07. The number of hydrogen-bond donors (Lipinski definition) is 1. The lowest BCUT2D eigenvalue weighted by Gasteiger charge is -2.15. The molecule has 1 aliphatic rings. The minimum atomic E-state index is 0.329. The van der Waals surface area contributed by atoms with E-state index in [2.05, 4.69) is 26.7 Å². The van der Waals surface area contributed by atoms with E-state index in [9.17, 15) is 0 Å². The van der Waals surface area contributed by atoms with E-state index < -0.39 is 0 Å². The summed E-state index contributed by atoms with van der Waals surface area (Å²) in [4.78, 5) is 0. The van der Waals surface area contributed by atoms with Crippen molar-refractivity contribution in [2.45, 2.75) is 0 Å². The quantitative estimate of drug-likeness (QED) is 0.507. The van der Waals surface area contributed by atoms with Gasteiger partial charge in [-0.25, -0.2) is 0 Å². The van der Waals surface area contributed by atoms with Gasteiger partial charge < -0.3 is 0 Å². The Balaban J connectivity index is 2.74. The lowest BCUT2D eigenvalue weighted by atomic mass is 10.6. The van der Waals surface area contributed by atoms with Gasteiger partial charge in [-0.2, -0.15) is 0 Å². The maximum absolute atomic E-state index is 5.52. The summed E-state index contributed by atoms with van der Waals surface area (Å²) >= 11 is 14.0. The predicted molar refractivity (Wildman–Crippen MR) is 41.1 cm³/mol. The Kier molecular flexibility index (Phi) is 2.21. The summed E-state index contributed by atoms with van der Waals surface area (Å²) in [6, 6.07) is 0. The zero-order valence-corrected chi connectivity index (χ0v) is 7.20. The van der Waals surface area contributed by atoms with Crippen LogP contribution in [0.1, 0.15) is 0 Å². The van der Waals surface area contributed by atoms with Gasteiger partial charge in [0.05, 0.1) is 16.1 Å². The Bertz CT molecular complexity index is 178. The van der Waals surface area contributed by atoms with E-state index in [-0.39, 0.29) is 0 Å². The molecule has 9 heavy (non-hydrogen) atoms. The second-order valence-electron chi connectivity index (χ2n) is 1.29. The van der Waals surface area contributed by atoms with Gasteiger partial charge in [-0.3, -0.25) is 5.43 Å². The van der Waals surface area contributed by atoms with Crippen molar-refractivity contribution in [3.8, 4) is 0 Å². The van der Waals surface area contributed by atoms with Crippen molar-refractivity contribution in [3.63, 3.8) is 0 Å². The van der Waals surface area contributed by atoms with Crippen LogP contribution in [-0.4, -0.2) is 9.31 Å². The van der Waals surface area contributed by atoms with Gasteiger partial charge in [-0.05, 0) is 0 Å². The number of hydrazine groups is 1. The van der Waals surface area contributed by atoms with E-state index in [4.69, 9.17) is 23.2 Å².